The van der Waals surface area contributed by atoms with Crippen LogP contribution >= 0.6 is 8.15 Å². The highest BCUT2D eigenvalue weighted by atomic mass is 31.1. The molecule has 37 heavy (non-hydrogen) atoms. The summed E-state index contributed by atoms with van der Waals surface area (Å²) in [7, 11) is 2.80. The molecule has 7 N–H and O–H groups in total. The van der Waals surface area contributed by atoms with Gasteiger partial charge in [0.1, 0.15) is 6.29 Å². The monoisotopic (exact) mass is 542 g/mol. The van der Waals surface area contributed by atoms with Gasteiger partial charge in [0.25, 0.3) is 0 Å². The molecule has 0 saturated heterocycles. The number of amides is 1. The van der Waals surface area contributed by atoms with E-state index >= 15 is 0 Å². The van der Waals surface area contributed by atoms with E-state index in [-0.39, 0.29) is 12.3 Å². The Morgan fingerprint density at radius 1 is 1.27 bits per heavy atom. The van der Waals surface area contributed by atoms with Gasteiger partial charge in [-0.3, -0.25) is 4.79 Å². The van der Waals surface area contributed by atoms with Gasteiger partial charge in [-0.05, 0) is 38.7 Å². The number of nitrogens with two attached hydrogens (primary N) is 2. The molecule has 1 aromatic rings. The SMILES string of the molecule is C=N/N=C(\N)c1ccc(CNC(=O)CCCC=O)cc1.CCCC(C)C.CN.CNCCOP(C)CO. The maximum atomic E-state index is 11.5. The molecule has 0 aliphatic rings. The zero-order chi connectivity index (χ0) is 28.9. The van der Waals surface area contributed by atoms with Crippen molar-refractivity contribution in [1.29, 1.82) is 0 Å². The van der Waals surface area contributed by atoms with Crippen molar-refractivity contribution in [2.45, 2.75) is 59.4 Å². The van der Waals surface area contributed by atoms with E-state index in [1.54, 1.807) is 12.1 Å². The van der Waals surface area contributed by atoms with Crippen molar-refractivity contribution in [2.24, 2.45) is 27.6 Å². The highest BCUT2D eigenvalue weighted by Crippen LogP contribution is 2.28. The van der Waals surface area contributed by atoms with Crippen LogP contribution in [-0.2, 0) is 20.7 Å². The number of hydrogen-bond acceptors (Lipinski definition) is 8. The van der Waals surface area contributed by atoms with Gasteiger partial charge in [-0.2, -0.15) is 5.10 Å². The molecule has 0 aliphatic carbocycles. The van der Waals surface area contributed by atoms with Crippen LogP contribution in [0.15, 0.2) is 34.5 Å². The number of amidine groups is 1. The molecule has 0 heterocycles. The van der Waals surface area contributed by atoms with E-state index in [1.165, 1.54) is 19.9 Å². The van der Waals surface area contributed by atoms with E-state index in [0.717, 1.165) is 29.9 Å². The molecule has 11 heteroatoms. The molecular weight excluding hydrogens is 491 g/mol. The van der Waals surface area contributed by atoms with Crippen molar-refractivity contribution >= 4 is 32.9 Å². The van der Waals surface area contributed by atoms with Gasteiger partial charge in [-0.1, -0.05) is 57.9 Å². The Balaban J connectivity index is -0.000000562. The number of nitrogens with zero attached hydrogens (tertiary/aromatic N) is 2. The largest absolute Gasteiger partial charge is 0.389 e. The summed E-state index contributed by atoms with van der Waals surface area (Å²) in [4.78, 5) is 21.6. The number of carbonyl (C=O) groups is 2. The first-order valence-electron chi connectivity index (χ1n) is 12.5. The summed E-state index contributed by atoms with van der Waals surface area (Å²) in [5.74, 6) is 1.13. The number of likely N-dealkylation sites (N-methyl/N-ethyl adjacent to an activating group) is 1. The molecule has 1 unspecified atom stereocenters. The number of hydrogen-bond donors (Lipinski definition) is 5. The van der Waals surface area contributed by atoms with Gasteiger partial charge in [0, 0.05) is 38.2 Å². The topological polar surface area (TPSA) is 164 Å². The molecule has 1 rings (SSSR count). The first kappa shape index (κ1) is 39.3. The lowest BCUT2D eigenvalue weighted by molar-refractivity contribution is -0.121. The molecule has 1 atom stereocenters. The third-order valence-corrected chi connectivity index (χ3v) is 5.39. The Morgan fingerprint density at radius 2 is 1.89 bits per heavy atom. The normalized spacial score (nSPS) is 11.0. The van der Waals surface area contributed by atoms with E-state index < -0.39 is 8.15 Å². The summed E-state index contributed by atoms with van der Waals surface area (Å²) >= 11 is 0. The first-order chi connectivity index (χ1) is 17.7. The summed E-state index contributed by atoms with van der Waals surface area (Å²) in [6.45, 7) is 13.9. The zero-order valence-electron chi connectivity index (χ0n) is 23.7. The first-order valence-corrected chi connectivity index (χ1v) is 14.4. The van der Waals surface area contributed by atoms with E-state index in [0.29, 0.717) is 38.2 Å². The summed E-state index contributed by atoms with van der Waals surface area (Å²) in [6, 6.07) is 7.31. The lowest BCUT2D eigenvalue weighted by Gasteiger charge is -2.08. The zero-order valence-corrected chi connectivity index (χ0v) is 24.6. The summed E-state index contributed by atoms with van der Waals surface area (Å²) in [6.07, 6.45) is 5.04. The number of carbonyl (C=O) groups excluding carboxylic acids is 2. The fourth-order valence-electron chi connectivity index (χ4n) is 2.48. The molecule has 214 valence electrons. The predicted molar refractivity (Wildman–Crippen MR) is 158 cm³/mol. The summed E-state index contributed by atoms with van der Waals surface area (Å²) in [5, 5.41) is 21.3. The maximum Gasteiger partial charge on any atom is 0.220 e. The van der Waals surface area contributed by atoms with Crippen LogP contribution in [0.5, 0.6) is 0 Å². The van der Waals surface area contributed by atoms with E-state index in [4.69, 9.17) is 15.4 Å². The molecule has 0 aromatic heterocycles. The highest BCUT2D eigenvalue weighted by molar-refractivity contribution is 7.51. The Kier molecular flexibility index (Phi) is 31.8. The second-order valence-electron chi connectivity index (χ2n) is 8.05. The number of aldehydes is 1. The van der Waals surface area contributed by atoms with Gasteiger partial charge in [-0.15, -0.1) is 5.10 Å². The Hall–Kier alpha value is -2.23. The van der Waals surface area contributed by atoms with Crippen LogP contribution in [0, 0.1) is 5.92 Å². The molecule has 0 aliphatic heterocycles. The minimum Gasteiger partial charge on any atom is -0.389 e. The quantitative estimate of drug-likeness (QED) is 0.0567. The fourth-order valence-corrected chi connectivity index (χ4v) is 2.97. The number of benzene rings is 1. The van der Waals surface area contributed by atoms with Crippen LogP contribution in [0.3, 0.4) is 0 Å². The average molecular weight is 543 g/mol. The van der Waals surface area contributed by atoms with Gasteiger partial charge in [0.05, 0.1) is 21.1 Å². The number of aliphatic hydroxyl groups excluding tert-OH is 1. The number of unbranched alkanes of at least 4 members (excludes halogenated alkanes) is 1. The van der Waals surface area contributed by atoms with E-state index in [1.807, 2.05) is 25.8 Å². The van der Waals surface area contributed by atoms with Crippen molar-refractivity contribution in [3.05, 3.63) is 35.4 Å². The summed E-state index contributed by atoms with van der Waals surface area (Å²) in [5.41, 5.74) is 11.9. The molecule has 0 radical (unpaired) electrons. The molecule has 10 nitrogen and oxygen atoms in total. The predicted octanol–water partition coefficient (Wildman–Crippen LogP) is 3.21. The van der Waals surface area contributed by atoms with Gasteiger partial charge in [0.15, 0.2) is 5.84 Å². The van der Waals surface area contributed by atoms with Gasteiger partial charge >= 0.3 is 0 Å². The second kappa shape index (κ2) is 30.0. The van der Waals surface area contributed by atoms with E-state index in [2.05, 4.69) is 54.1 Å². The molecule has 0 fully saturated rings. The summed E-state index contributed by atoms with van der Waals surface area (Å²) < 4.78 is 5.18. The van der Waals surface area contributed by atoms with Crippen LogP contribution in [-0.4, -0.2) is 70.1 Å². The fraction of sp³-hybridized carbons (Fsp3) is 0.615. The number of aliphatic hydroxyl groups is 1. The average Bonchev–Trinajstić information content (AvgIpc) is 2.90. The molecule has 1 aromatic carbocycles. The van der Waals surface area contributed by atoms with Crippen molar-refractivity contribution in [1.82, 2.24) is 10.6 Å². The Morgan fingerprint density at radius 3 is 2.32 bits per heavy atom. The molecule has 0 saturated carbocycles. The lowest BCUT2D eigenvalue weighted by Crippen LogP contribution is -2.22. The molecule has 0 spiro atoms. The van der Waals surface area contributed by atoms with Gasteiger partial charge < -0.3 is 36.5 Å². The maximum absolute atomic E-state index is 11.5. The number of rotatable bonds is 15. The van der Waals surface area contributed by atoms with Crippen LogP contribution in [0.2, 0.25) is 0 Å². The van der Waals surface area contributed by atoms with Crippen molar-refractivity contribution in [2.75, 3.05) is 40.3 Å². The second-order valence-corrected chi connectivity index (χ2v) is 9.84. The van der Waals surface area contributed by atoms with Crippen molar-refractivity contribution in [3.63, 3.8) is 0 Å². The smallest absolute Gasteiger partial charge is 0.220 e. The minimum atomic E-state index is -0.574. The standard InChI is InChI=1S/C14H18N4O2.C6H14.C5H14NO2P.CH5N/c1-16-18-14(15)12-7-5-11(6-8-12)10-17-13(20)4-2-3-9-19;1-4-5-6(2)3;1-6-3-4-8-9(2)5-7;1-2/h5-9H,1-4,10H2,(H2,15,18)(H,17,20);6H,4-5H2,1-3H3;6-7H,3-5H2,1-2H3;2H2,1H3. The third-order valence-electron chi connectivity index (χ3n) is 4.37. The van der Waals surface area contributed by atoms with E-state index in [9.17, 15) is 9.59 Å². The Bertz CT molecular complexity index is 703. The third kappa shape index (κ3) is 28.2. The van der Waals surface area contributed by atoms with Crippen LogP contribution < -0.4 is 22.1 Å². The van der Waals surface area contributed by atoms with Crippen molar-refractivity contribution in [3.8, 4) is 0 Å². The molecule has 1 amide bonds. The van der Waals surface area contributed by atoms with Crippen LogP contribution in [0.4, 0.5) is 0 Å². The highest BCUT2D eigenvalue weighted by Gasteiger charge is 2.02. The lowest BCUT2D eigenvalue weighted by atomic mass is 10.1. The van der Waals surface area contributed by atoms with Crippen LogP contribution in [0.1, 0.15) is 64.0 Å². The Labute approximate surface area is 225 Å². The van der Waals surface area contributed by atoms with Gasteiger partial charge in [0.2, 0.25) is 5.91 Å². The molecule has 0 bridgehead atoms. The number of nitrogens with one attached hydrogen (secondary N) is 2. The van der Waals surface area contributed by atoms with Gasteiger partial charge in [-0.25, -0.2) is 0 Å². The van der Waals surface area contributed by atoms with Crippen molar-refractivity contribution < 1.29 is 19.2 Å². The minimum absolute atomic E-state index is 0.0622. The molecular formula is C26H51N6O4P. The van der Waals surface area contributed by atoms with Crippen LogP contribution in [0.25, 0.3) is 0 Å².